The molecule has 2 heteroatoms. The van der Waals surface area contributed by atoms with Gasteiger partial charge in [0.05, 0.1) is 6.04 Å². The van der Waals surface area contributed by atoms with Crippen LogP contribution in [0.3, 0.4) is 0 Å². The number of nitrogens with one attached hydrogen (secondary N) is 1. The van der Waals surface area contributed by atoms with Crippen LogP contribution < -0.4 is 5.32 Å². The predicted molar refractivity (Wildman–Crippen MR) is 81.3 cm³/mol. The normalized spacial score (nSPS) is 12.5. The van der Waals surface area contributed by atoms with Gasteiger partial charge in [-0.05, 0) is 37.6 Å². The largest absolute Gasteiger partial charge is 0.343 e. The molecule has 1 aromatic heterocycles. The molecular weight excluding hydrogens is 232 g/mol. The van der Waals surface area contributed by atoms with Crippen LogP contribution in [-0.4, -0.2) is 11.1 Å². The highest BCUT2D eigenvalue weighted by molar-refractivity contribution is 5.21. The van der Waals surface area contributed by atoms with Gasteiger partial charge in [-0.1, -0.05) is 43.7 Å². The Balaban J connectivity index is 2.02. The molecule has 0 bridgehead atoms. The average molecular weight is 256 g/mol. The molecule has 0 saturated heterocycles. The van der Waals surface area contributed by atoms with Crippen molar-refractivity contribution < 1.29 is 0 Å². The second-order valence-electron chi connectivity index (χ2n) is 5.02. The number of hydrogen-bond acceptors (Lipinski definition) is 1. The summed E-state index contributed by atoms with van der Waals surface area (Å²) in [6, 6.07) is 15.4. The van der Waals surface area contributed by atoms with Crippen molar-refractivity contribution >= 4 is 0 Å². The Morgan fingerprint density at radius 1 is 1.11 bits per heavy atom. The van der Waals surface area contributed by atoms with E-state index in [0.717, 1.165) is 13.1 Å². The van der Waals surface area contributed by atoms with Gasteiger partial charge >= 0.3 is 0 Å². The van der Waals surface area contributed by atoms with Crippen molar-refractivity contribution in [3.63, 3.8) is 0 Å². The molecule has 0 fully saturated rings. The Morgan fingerprint density at radius 2 is 1.89 bits per heavy atom. The highest BCUT2D eigenvalue weighted by atomic mass is 15.0. The van der Waals surface area contributed by atoms with Gasteiger partial charge in [0, 0.05) is 18.4 Å². The van der Waals surface area contributed by atoms with Crippen LogP contribution in [-0.2, 0) is 6.54 Å². The van der Waals surface area contributed by atoms with Crippen molar-refractivity contribution in [3.8, 4) is 0 Å². The third-order valence-electron chi connectivity index (χ3n) is 3.58. The van der Waals surface area contributed by atoms with E-state index in [1.807, 2.05) is 0 Å². The molecule has 102 valence electrons. The summed E-state index contributed by atoms with van der Waals surface area (Å²) in [7, 11) is 0. The third kappa shape index (κ3) is 3.71. The second-order valence-corrected chi connectivity index (χ2v) is 5.02. The molecule has 2 rings (SSSR count). The smallest absolute Gasteiger partial charge is 0.0555 e. The van der Waals surface area contributed by atoms with Crippen LogP contribution in [0, 0.1) is 0 Å². The molecule has 2 nitrogen and oxygen atoms in total. The van der Waals surface area contributed by atoms with Crippen LogP contribution in [0.1, 0.15) is 44.0 Å². The van der Waals surface area contributed by atoms with E-state index >= 15 is 0 Å². The van der Waals surface area contributed by atoms with Crippen LogP contribution in [0.2, 0.25) is 0 Å². The van der Waals surface area contributed by atoms with E-state index < -0.39 is 0 Å². The quantitative estimate of drug-likeness (QED) is 0.741. The third-order valence-corrected chi connectivity index (χ3v) is 3.58. The highest BCUT2D eigenvalue weighted by Crippen LogP contribution is 2.20. The zero-order valence-electron chi connectivity index (χ0n) is 12.0. The Bertz CT molecular complexity index is 473. The first-order valence-electron chi connectivity index (χ1n) is 7.24. The van der Waals surface area contributed by atoms with Gasteiger partial charge in [0.2, 0.25) is 0 Å². The first kappa shape index (κ1) is 13.9. The molecule has 0 spiro atoms. The summed E-state index contributed by atoms with van der Waals surface area (Å²) in [5, 5.41) is 3.51. The second kappa shape index (κ2) is 7.15. The summed E-state index contributed by atoms with van der Waals surface area (Å²) in [6.45, 7) is 6.53. The van der Waals surface area contributed by atoms with E-state index in [4.69, 9.17) is 0 Å². The lowest BCUT2D eigenvalue weighted by Crippen LogP contribution is -2.18. The summed E-state index contributed by atoms with van der Waals surface area (Å²) < 4.78 is 2.36. The van der Waals surface area contributed by atoms with Gasteiger partial charge in [0.1, 0.15) is 0 Å². The molecule has 19 heavy (non-hydrogen) atoms. The first-order valence-corrected chi connectivity index (χ1v) is 7.24. The fraction of sp³-hybridized carbons (Fsp3) is 0.412. The molecule has 0 aliphatic heterocycles. The van der Waals surface area contributed by atoms with Gasteiger partial charge in [-0.3, -0.25) is 0 Å². The number of aromatic nitrogens is 1. The molecule has 1 N–H and O–H groups in total. The SMILES string of the molecule is CCCCNCc1cccn1[C@H](C)c1ccccc1. The monoisotopic (exact) mass is 256 g/mol. The fourth-order valence-electron chi connectivity index (χ4n) is 2.37. The van der Waals surface area contributed by atoms with Gasteiger partial charge in [-0.15, -0.1) is 0 Å². The topological polar surface area (TPSA) is 17.0 Å². The Labute approximate surface area is 116 Å². The molecule has 0 unspecified atom stereocenters. The molecule has 0 aliphatic carbocycles. The Kier molecular flexibility index (Phi) is 5.22. The van der Waals surface area contributed by atoms with Crippen LogP contribution in [0.25, 0.3) is 0 Å². The standard InChI is InChI=1S/C17H24N2/c1-3-4-12-18-14-17-11-8-13-19(17)15(2)16-9-6-5-7-10-16/h5-11,13,15,18H,3-4,12,14H2,1-2H3/t15-/m1/s1. The molecule has 0 radical (unpaired) electrons. The van der Waals surface area contributed by atoms with E-state index in [-0.39, 0.29) is 0 Å². The van der Waals surface area contributed by atoms with E-state index in [1.165, 1.54) is 24.1 Å². The predicted octanol–water partition coefficient (Wildman–Crippen LogP) is 3.99. The number of benzene rings is 1. The van der Waals surface area contributed by atoms with Gasteiger partial charge in [0.25, 0.3) is 0 Å². The van der Waals surface area contributed by atoms with Crippen molar-refractivity contribution in [1.29, 1.82) is 0 Å². The Hall–Kier alpha value is -1.54. The summed E-state index contributed by atoms with van der Waals surface area (Å²) >= 11 is 0. The average Bonchev–Trinajstić information content (AvgIpc) is 2.92. The lowest BCUT2D eigenvalue weighted by atomic mass is 10.1. The number of unbranched alkanes of at least 4 members (excludes halogenated alkanes) is 1. The van der Waals surface area contributed by atoms with E-state index in [0.29, 0.717) is 6.04 Å². The molecule has 1 atom stereocenters. The van der Waals surface area contributed by atoms with E-state index in [1.54, 1.807) is 0 Å². The van der Waals surface area contributed by atoms with Crippen molar-refractivity contribution in [2.24, 2.45) is 0 Å². The van der Waals surface area contributed by atoms with Crippen molar-refractivity contribution in [1.82, 2.24) is 9.88 Å². The van der Waals surface area contributed by atoms with Gasteiger partial charge in [0.15, 0.2) is 0 Å². The zero-order chi connectivity index (χ0) is 13.5. The van der Waals surface area contributed by atoms with Gasteiger partial charge in [-0.2, -0.15) is 0 Å². The van der Waals surface area contributed by atoms with Crippen molar-refractivity contribution in [3.05, 3.63) is 59.9 Å². The zero-order valence-corrected chi connectivity index (χ0v) is 12.0. The summed E-state index contributed by atoms with van der Waals surface area (Å²) in [5.41, 5.74) is 2.71. The first-order chi connectivity index (χ1) is 9.33. The molecule has 2 aromatic rings. The molecule has 1 heterocycles. The van der Waals surface area contributed by atoms with Crippen molar-refractivity contribution in [2.75, 3.05) is 6.54 Å². The van der Waals surface area contributed by atoms with E-state index in [2.05, 4.69) is 72.4 Å². The number of hydrogen-bond donors (Lipinski definition) is 1. The molecule has 0 saturated carbocycles. The van der Waals surface area contributed by atoms with Gasteiger partial charge in [-0.25, -0.2) is 0 Å². The summed E-state index contributed by atoms with van der Waals surface area (Å²) in [5.74, 6) is 0. The highest BCUT2D eigenvalue weighted by Gasteiger charge is 2.09. The lowest BCUT2D eigenvalue weighted by molar-refractivity contribution is 0.568. The van der Waals surface area contributed by atoms with Crippen LogP contribution in [0.5, 0.6) is 0 Å². The minimum Gasteiger partial charge on any atom is -0.343 e. The fourth-order valence-corrected chi connectivity index (χ4v) is 2.37. The van der Waals surface area contributed by atoms with Crippen LogP contribution >= 0.6 is 0 Å². The van der Waals surface area contributed by atoms with Crippen LogP contribution in [0.4, 0.5) is 0 Å². The molecule has 0 aliphatic rings. The summed E-state index contributed by atoms with van der Waals surface area (Å²) in [4.78, 5) is 0. The van der Waals surface area contributed by atoms with Crippen molar-refractivity contribution in [2.45, 2.75) is 39.3 Å². The summed E-state index contributed by atoms with van der Waals surface area (Å²) in [6.07, 6.45) is 4.66. The number of rotatable bonds is 7. The lowest BCUT2D eigenvalue weighted by Gasteiger charge is -2.18. The molecule has 0 amide bonds. The number of nitrogens with zero attached hydrogens (tertiary/aromatic N) is 1. The minimum atomic E-state index is 0.388. The van der Waals surface area contributed by atoms with Crippen LogP contribution in [0.15, 0.2) is 48.7 Å². The molecular formula is C17H24N2. The van der Waals surface area contributed by atoms with Gasteiger partial charge < -0.3 is 9.88 Å². The van der Waals surface area contributed by atoms with E-state index in [9.17, 15) is 0 Å². The maximum absolute atomic E-state index is 3.51. The maximum Gasteiger partial charge on any atom is 0.0555 e. The minimum absolute atomic E-state index is 0.388. The Morgan fingerprint density at radius 3 is 2.63 bits per heavy atom. The molecule has 1 aromatic carbocycles. The maximum atomic E-state index is 3.51.